The van der Waals surface area contributed by atoms with E-state index in [-0.39, 0.29) is 5.91 Å². The van der Waals surface area contributed by atoms with Crippen LogP contribution in [0.1, 0.15) is 26.4 Å². The van der Waals surface area contributed by atoms with Gasteiger partial charge >= 0.3 is 0 Å². The molecule has 1 aromatic carbocycles. The molecule has 3 N–H and O–H groups in total. The zero-order valence-corrected chi connectivity index (χ0v) is 14.0. The maximum Gasteiger partial charge on any atom is 0.251 e. The second-order valence-corrected chi connectivity index (χ2v) is 6.97. The molecule has 0 unspecified atom stereocenters. The molecular formula is C16H15BrN2OS. The number of thiophene rings is 1. The number of rotatable bonds is 3. The predicted octanol–water partition coefficient (Wildman–Crippen LogP) is 3.06. The molecule has 3 nitrogen and oxygen atoms in total. The Balaban J connectivity index is 2.08. The van der Waals surface area contributed by atoms with Gasteiger partial charge in [-0.25, -0.2) is 0 Å². The normalized spacial score (nSPS) is 9.86. The maximum atomic E-state index is 12.2. The Morgan fingerprint density at radius 1 is 1.38 bits per heavy atom. The van der Waals surface area contributed by atoms with Crippen LogP contribution in [0.2, 0.25) is 0 Å². The standard InChI is InChI=1S/C16H15BrN2OS/c1-11-4-5-13(9-12(11)3-2-8-18)16(20)19-10-14-6-7-15(17)21-14/h4-7,9H,8,10,18H2,1H3,(H,19,20). The maximum absolute atomic E-state index is 12.2. The van der Waals surface area contributed by atoms with E-state index in [9.17, 15) is 4.79 Å². The van der Waals surface area contributed by atoms with Crippen LogP contribution in [0.15, 0.2) is 34.1 Å². The number of hydrogen-bond acceptors (Lipinski definition) is 3. The van der Waals surface area contributed by atoms with Gasteiger partial charge < -0.3 is 11.1 Å². The lowest BCUT2D eigenvalue weighted by Crippen LogP contribution is -2.22. The Labute approximate surface area is 136 Å². The highest BCUT2D eigenvalue weighted by atomic mass is 79.9. The second kappa shape index (κ2) is 7.41. The van der Waals surface area contributed by atoms with Crippen LogP contribution in [-0.2, 0) is 6.54 Å². The molecule has 0 saturated carbocycles. The quantitative estimate of drug-likeness (QED) is 0.824. The molecule has 0 saturated heterocycles. The number of carbonyl (C=O) groups excluding carboxylic acids is 1. The lowest BCUT2D eigenvalue weighted by molar-refractivity contribution is 0.0951. The van der Waals surface area contributed by atoms with E-state index in [1.54, 1.807) is 17.4 Å². The van der Waals surface area contributed by atoms with Crippen molar-refractivity contribution in [2.24, 2.45) is 5.73 Å². The van der Waals surface area contributed by atoms with Crippen molar-refractivity contribution in [2.45, 2.75) is 13.5 Å². The lowest BCUT2D eigenvalue weighted by Gasteiger charge is -2.06. The van der Waals surface area contributed by atoms with Crippen molar-refractivity contribution in [1.29, 1.82) is 0 Å². The molecule has 0 spiro atoms. The molecule has 1 amide bonds. The molecule has 0 fully saturated rings. The van der Waals surface area contributed by atoms with E-state index in [1.807, 2.05) is 31.2 Å². The first-order valence-corrected chi connectivity index (χ1v) is 8.03. The molecule has 0 radical (unpaired) electrons. The van der Waals surface area contributed by atoms with Crippen LogP contribution in [0.4, 0.5) is 0 Å². The average Bonchev–Trinajstić information content (AvgIpc) is 2.89. The Kier molecular flexibility index (Phi) is 5.57. The summed E-state index contributed by atoms with van der Waals surface area (Å²) in [6, 6.07) is 9.47. The summed E-state index contributed by atoms with van der Waals surface area (Å²) >= 11 is 5.01. The number of aryl methyl sites for hydroxylation is 1. The van der Waals surface area contributed by atoms with Crippen LogP contribution in [0.5, 0.6) is 0 Å². The van der Waals surface area contributed by atoms with Gasteiger partial charge in [-0.15, -0.1) is 11.3 Å². The summed E-state index contributed by atoms with van der Waals surface area (Å²) in [5.41, 5.74) is 7.87. The van der Waals surface area contributed by atoms with Crippen molar-refractivity contribution in [3.8, 4) is 11.8 Å². The Morgan fingerprint density at radius 2 is 2.19 bits per heavy atom. The molecule has 0 aliphatic carbocycles. The molecular weight excluding hydrogens is 348 g/mol. The van der Waals surface area contributed by atoms with Crippen LogP contribution < -0.4 is 11.1 Å². The summed E-state index contributed by atoms with van der Waals surface area (Å²) < 4.78 is 1.06. The number of halogens is 1. The number of benzene rings is 1. The van der Waals surface area contributed by atoms with Crippen LogP contribution in [0.25, 0.3) is 0 Å². The van der Waals surface area contributed by atoms with Crippen molar-refractivity contribution in [3.05, 3.63) is 55.7 Å². The third-order valence-corrected chi connectivity index (χ3v) is 4.50. The first-order valence-electron chi connectivity index (χ1n) is 6.42. The molecule has 21 heavy (non-hydrogen) atoms. The number of carbonyl (C=O) groups is 1. The lowest BCUT2D eigenvalue weighted by atomic mass is 10.0. The van der Waals surface area contributed by atoms with E-state index in [4.69, 9.17) is 5.73 Å². The zero-order chi connectivity index (χ0) is 15.2. The predicted molar refractivity (Wildman–Crippen MR) is 90.3 cm³/mol. The van der Waals surface area contributed by atoms with Crippen LogP contribution in [-0.4, -0.2) is 12.5 Å². The van der Waals surface area contributed by atoms with E-state index in [2.05, 4.69) is 33.1 Å². The zero-order valence-electron chi connectivity index (χ0n) is 11.6. The summed E-state index contributed by atoms with van der Waals surface area (Å²) in [6.07, 6.45) is 0. The highest BCUT2D eigenvalue weighted by Gasteiger charge is 2.08. The minimum absolute atomic E-state index is 0.102. The largest absolute Gasteiger partial charge is 0.347 e. The molecule has 0 bridgehead atoms. The van der Waals surface area contributed by atoms with Gasteiger partial charge in [-0.2, -0.15) is 0 Å². The van der Waals surface area contributed by atoms with Crippen LogP contribution in [0.3, 0.4) is 0 Å². The molecule has 0 atom stereocenters. The van der Waals surface area contributed by atoms with E-state index in [0.717, 1.165) is 19.8 Å². The monoisotopic (exact) mass is 362 g/mol. The number of amides is 1. The minimum Gasteiger partial charge on any atom is -0.347 e. The SMILES string of the molecule is Cc1ccc(C(=O)NCc2ccc(Br)s2)cc1C#CCN. The molecule has 2 rings (SSSR count). The van der Waals surface area contributed by atoms with Gasteiger partial charge in [0.2, 0.25) is 0 Å². The Bertz CT molecular complexity index is 713. The van der Waals surface area contributed by atoms with Crippen LogP contribution >= 0.6 is 27.3 Å². The van der Waals surface area contributed by atoms with Crippen LogP contribution in [0, 0.1) is 18.8 Å². The summed E-state index contributed by atoms with van der Waals surface area (Å²) in [7, 11) is 0. The molecule has 5 heteroatoms. The molecule has 1 heterocycles. The number of nitrogens with two attached hydrogens (primary N) is 1. The highest BCUT2D eigenvalue weighted by molar-refractivity contribution is 9.11. The summed E-state index contributed by atoms with van der Waals surface area (Å²) in [4.78, 5) is 13.3. The van der Waals surface area contributed by atoms with Gasteiger partial charge in [0.15, 0.2) is 0 Å². The summed E-state index contributed by atoms with van der Waals surface area (Å²) in [6.45, 7) is 2.79. The minimum atomic E-state index is -0.102. The summed E-state index contributed by atoms with van der Waals surface area (Å²) in [5.74, 6) is 5.70. The van der Waals surface area contributed by atoms with Gasteiger partial charge in [-0.3, -0.25) is 4.79 Å². The van der Waals surface area contributed by atoms with Crippen molar-refractivity contribution < 1.29 is 4.79 Å². The first kappa shape index (κ1) is 15.8. The van der Waals surface area contributed by atoms with E-state index < -0.39 is 0 Å². The third kappa shape index (κ3) is 4.43. The van der Waals surface area contributed by atoms with Gasteiger partial charge in [0.05, 0.1) is 16.9 Å². The Morgan fingerprint density at radius 3 is 2.86 bits per heavy atom. The van der Waals surface area contributed by atoms with Gasteiger partial charge in [0, 0.05) is 16.0 Å². The second-order valence-electron chi connectivity index (χ2n) is 4.42. The fraction of sp³-hybridized carbons (Fsp3) is 0.188. The Hall–Kier alpha value is -1.61. The van der Waals surface area contributed by atoms with Crippen molar-refractivity contribution in [2.75, 3.05) is 6.54 Å². The van der Waals surface area contributed by atoms with E-state index in [0.29, 0.717) is 18.7 Å². The highest BCUT2D eigenvalue weighted by Crippen LogP contribution is 2.21. The number of nitrogens with one attached hydrogen (secondary N) is 1. The van der Waals surface area contributed by atoms with Crippen molar-refractivity contribution in [1.82, 2.24) is 5.32 Å². The number of hydrogen-bond donors (Lipinski definition) is 2. The van der Waals surface area contributed by atoms with E-state index >= 15 is 0 Å². The third-order valence-electron chi connectivity index (χ3n) is 2.88. The fourth-order valence-electron chi connectivity index (χ4n) is 1.76. The molecule has 2 aromatic rings. The van der Waals surface area contributed by atoms with Crippen molar-refractivity contribution >= 4 is 33.2 Å². The molecule has 108 valence electrons. The average molecular weight is 363 g/mol. The molecule has 0 aliphatic heterocycles. The molecule has 0 aliphatic rings. The smallest absolute Gasteiger partial charge is 0.251 e. The molecule has 1 aromatic heterocycles. The van der Waals surface area contributed by atoms with Gasteiger partial charge in [-0.1, -0.05) is 17.9 Å². The van der Waals surface area contributed by atoms with Gasteiger partial charge in [0.1, 0.15) is 0 Å². The first-order chi connectivity index (χ1) is 10.1. The van der Waals surface area contributed by atoms with Gasteiger partial charge in [0.25, 0.3) is 5.91 Å². The fourth-order valence-corrected chi connectivity index (χ4v) is 3.18. The van der Waals surface area contributed by atoms with E-state index in [1.165, 1.54) is 0 Å². The van der Waals surface area contributed by atoms with Crippen molar-refractivity contribution in [3.63, 3.8) is 0 Å². The summed E-state index contributed by atoms with van der Waals surface area (Å²) in [5, 5.41) is 2.91. The topological polar surface area (TPSA) is 55.1 Å². The van der Waals surface area contributed by atoms with Gasteiger partial charge in [-0.05, 0) is 52.7 Å².